The third-order valence-corrected chi connectivity index (χ3v) is 3.41. The van der Waals surface area contributed by atoms with Crippen molar-refractivity contribution in [1.29, 1.82) is 0 Å². The topological polar surface area (TPSA) is 67.3 Å². The number of nitrogens with one attached hydrogen (secondary N) is 1. The van der Waals surface area contributed by atoms with Crippen LogP contribution in [0, 0.1) is 0 Å². The van der Waals surface area contributed by atoms with Crippen LogP contribution in [0.2, 0.25) is 0 Å². The van der Waals surface area contributed by atoms with Crippen molar-refractivity contribution in [3.63, 3.8) is 0 Å². The number of likely N-dealkylation sites (N-methyl/N-ethyl adjacent to an activating group) is 1. The van der Waals surface area contributed by atoms with E-state index in [1.807, 2.05) is 18.2 Å². The van der Waals surface area contributed by atoms with Gasteiger partial charge in [0.1, 0.15) is 0 Å². The van der Waals surface area contributed by atoms with Crippen molar-refractivity contribution in [3.05, 3.63) is 18.2 Å². The van der Waals surface area contributed by atoms with Crippen LogP contribution in [0.1, 0.15) is 19.8 Å². The third kappa shape index (κ3) is 3.03. The minimum Gasteiger partial charge on any atom is -0.397 e. The Kier molecular flexibility index (Phi) is 3.74. The first-order valence-electron chi connectivity index (χ1n) is 6.33. The zero-order valence-electron chi connectivity index (χ0n) is 10.4. The molecule has 0 spiro atoms. The van der Waals surface area contributed by atoms with Crippen molar-refractivity contribution >= 4 is 17.1 Å². The Morgan fingerprint density at radius 1 is 1.35 bits per heavy atom. The molecule has 1 fully saturated rings. The fourth-order valence-electron chi connectivity index (χ4n) is 2.36. The predicted molar refractivity (Wildman–Crippen MR) is 74.0 cm³/mol. The molecule has 2 rings (SSSR count). The lowest BCUT2D eigenvalue weighted by atomic mass is 10.1. The highest BCUT2D eigenvalue weighted by Gasteiger charge is 2.18. The number of hydrogen-bond acceptors (Lipinski definition) is 4. The summed E-state index contributed by atoms with van der Waals surface area (Å²) in [6.07, 6.45) is 2.48. The molecule has 94 valence electrons. The van der Waals surface area contributed by atoms with Gasteiger partial charge in [-0.1, -0.05) is 6.92 Å². The van der Waals surface area contributed by atoms with Gasteiger partial charge in [-0.2, -0.15) is 0 Å². The molecule has 1 atom stereocenters. The summed E-state index contributed by atoms with van der Waals surface area (Å²) in [7, 11) is 0. The maximum absolute atomic E-state index is 5.80. The molecule has 0 amide bonds. The van der Waals surface area contributed by atoms with E-state index in [4.69, 9.17) is 11.5 Å². The zero-order chi connectivity index (χ0) is 12.3. The second-order valence-corrected chi connectivity index (χ2v) is 4.72. The van der Waals surface area contributed by atoms with Crippen molar-refractivity contribution in [3.8, 4) is 0 Å². The smallest absolute Gasteiger partial charge is 0.0568 e. The van der Waals surface area contributed by atoms with E-state index in [-0.39, 0.29) is 0 Å². The Morgan fingerprint density at radius 3 is 2.88 bits per heavy atom. The van der Waals surface area contributed by atoms with Crippen LogP contribution in [-0.2, 0) is 0 Å². The largest absolute Gasteiger partial charge is 0.397 e. The molecule has 1 aromatic rings. The average molecular weight is 234 g/mol. The van der Waals surface area contributed by atoms with Gasteiger partial charge in [0, 0.05) is 18.3 Å². The normalized spacial score (nSPS) is 21.4. The number of benzene rings is 1. The van der Waals surface area contributed by atoms with Crippen LogP contribution in [0.4, 0.5) is 17.1 Å². The van der Waals surface area contributed by atoms with Gasteiger partial charge in [-0.05, 0) is 44.1 Å². The van der Waals surface area contributed by atoms with Gasteiger partial charge in [0.05, 0.1) is 11.4 Å². The molecule has 1 unspecified atom stereocenters. The lowest BCUT2D eigenvalue weighted by molar-refractivity contribution is 0.227. The van der Waals surface area contributed by atoms with Crippen LogP contribution in [0.15, 0.2) is 18.2 Å². The Balaban J connectivity index is 1.97. The first kappa shape index (κ1) is 12.0. The lowest BCUT2D eigenvalue weighted by Gasteiger charge is -2.32. The molecule has 0 bridgehead atoms. The highest BCUT2D eigenvalue weighted by molar-refractivity contribution is 5.69. The van der Waals surface area contributed by atoms with Crippen molar-refractivity contribution in [2.24, 2.45) is 0 Å². The number of anilines is 3. The van der Waals surface area contributed by atoms with E-state index in [0.29, 0.717) is 17.4 Å². The molecule has 1 aromatic carbocycles. The molecule has 0 saturated carbocycles. The third-order valence-electron chi connectivity index (χ3n) is 3.41. The lowest BCUT2D eigenvalue weighted by Crippen LogP contribution is -2.41. The molecule has 0 aliphatic carbocycles. The molecule has 4 heteroatoms. The van der Waals surface area contributed by atoms with E-state index in [1.54, 1.807) is 0 Å². The Morgan fingerprint density at radius 2 is 2.18 bits per heavy atom. The molecule has 1 heterocycles. The minimum atomic E-state index is 0.520. The number of rotatable bonds is 3. The maximum atomic E-state index is 5.80. The Labute approximate surface area is 103 Å². The Hall–Kier alpha value is -1.42. The number of nitrogen functional groups attached to an aromatic ring is 2. The van der Waals surface area contributed by atoms with E-state index < -0.39 is 0 Å². The number of nitrogens with two attached hydrogens (primary N) is 2. The minimum absolute atomic E-state index is 0.520. The SMILES string of the molecule is CCN1CCCC(Nc2ccc(N)c(N)c2)C1. The van der Waals surface area contributed by atoms with Crippen LogP contribution < -0.4 is 16.8 Å². The van der Waals surface area contributed by atoms with Crippen LogP contribution >= 0.6 is 0 Å². The summed E-state index contributed by atoms with van der Waals surface area (Å²) in [6.45, 7) is 5.67. The summed E-state index contributed by atoms with van der Waals surface area (Å²) < 4.78 is 0. The van der Waals surface area contributed by atoms with E-state index >= 15 is 0 Å². The number of nitrogens with zero attached hydrogens (tertiary/aromatic N) is 1. The molecule has 4 nitrogen and oxygen atoms in total. The first-order chi connectivity index (χ1) is 8.19. The average Bonchev–Trinajstić information content (AvgIpc) is 2.34. The molecule has 1 aliphatic rings. The summed E-state index contributed by atoms with van der Waals surface area (Å²) in [6, 6.07) is 6.29. The van der Waals surface area contributed by atoms with Crippen molar-refractivity contribution in [2.45, 2.75) is 25.8 Å². The quantitative estimate of drug-likeness (QED) is 0.697. The van der Waals surface area contributed by atoms with E-state index in [1.165, 1.54) is 19.4 Å². The van der Waals surface area contributed by atoms with Gasteiger partial charge in [-0.25, -0.2) is 0 Å². The number of likely N-dealkylation sites (tertiary alicyclic amines) is 1. The van der Waals surface area contributed by atoms with Gasteiger partial charge in [0.2, 0.25) is 0 Å². The highest BCUT2D eigenvalue weighted by Crippen LogP contribution is 2.22. The van der Waals surface area contributed by atoms with Gasteiger partial charge in [-0.3, -0.25) is 0 Å². The first-order valence-corrected chi connectivity index (χ1v) is 6.33. The van der Waals surface area contributed by atoms with Gasteiger partial charge in [0.15, 0.2) is 0 Å². The van der Waals surface area contributed by atoms with E-state index in [2.05, 4.69) is 17.1 Å². The molecular formula is C13H22N4. The predicted octanol–water partition coefficient (Wildman–Crippen LogP) is 1.75. The second-order valence-electron chi connectivity index (χ2n) is 4.72. The molecular weight excluding hydrogens is 212 g/mol. The molecule has 5 N–H and O–H groups in total. The van der Waals surface area contributed by atoms with Crippen LogP contribution in [0.25, 0.3) is 0 Å². The molecule has 17 heavy (non-hydrogen) atoms. The summed E-state index contributed by atoms with van der Waals surface area (Å²) in [4.78, 5) is 2.47. The summed E-state index contributed by atoms with van der Waals surface area (Å²) in [5.74, 6) is 0. The highest BCUT2D eigenvalue weighted by atomic mass is 15.2. The summed E-state index contributed by atoms with van der Waals surface area (Å²) in [5.41, 5.74) is 13.9. The number of piperidine rings is 1. The monoisotopic (exact) mass is 234 g/mol. The maximum Gasteiger partial charge on any atom is 0.0568 e. The molecule has 1 saturated heterocycles. The zero-order valence-corrected chi connectivity index (χ0v) is 10.4. The van der Waals surface area contributed by atoms with Crippen LogP contribution in [0.5, 0.6) is 0 Å². The van der Waals surface area contributed by atoms with Crippen molar-refractivity contribution in [1.82, 2.24) is 4.90 Å². The number of hydrogen-bond donors (Lipinski definition) is 3. The van der Waals surface area contributed by atoms with E-state index in [0.717, 1.165) is 18.8 Å². The van der Waals surface area contributed by atoms with E-state index in [9.17, 15) is 0 Å². The van der Waals surface area contributed by atoms with Crippen LogP contribution in [-0.4, -0.2) is 30.6 Å². The van der Waals surface area contributed by atoms with Gasteiger partial charge in [0.25, 0.3) is 0 Å². The van der Waals surface area contributed by atoms with Crippen molar-refractivity contribution in [2.75, 3.05) is 36.4 Å². The second kappa shape index (κ2) is 5.27. The summed E-state index contributed by atoms with van der Waals surface area (Å²) in [5, 5.41) is 3.54. The van der Waals surface area contributed by atoms with Gasteiger partial charge in [-0.15, -0.1) is 0 Å². The molecule has 0 radical (unpaired) electrons. The fraction of sp³-hybridized carbons (Fsp3) is 0.538. The van der Waals surface area contributed by atoms with Gasteiger partial charge < -0.3 is 21.7 Å². The standard InChI is InChI=1S/C13H22N4/c1-2-17-7-3-4-11(9-17)16-10-5-6-12(14)13(15)8-10/h5-6,8,11,16H,2-4,7,9,14-15H2,1H3. The van der Waals surface area contributed by atoms with Gasteiger partial charge >= 0.3 is 0 Å². The molecule has 1 aliphatic heterocycles. The Bertz CT molecular complexity index is 378. The fourth-order valence-corrected chi connectivity index (χ4v) is 2.36. The van der Waals surface area contributed by atoms with Crippen LogP contribution in [0.3, 0.4) is 0 Å². The van der Waals surface area contributed by atoms with Crippen molar-refractivity contribution < 1.29 is 0 Å². The molecule has 0 aromatic heterocycles. The summed E-state index contributed by atoms with van der Waals surface area (Å²) >= 11 is 0.